The smallest absolute Gasteiger partial charge is 0.0417 e. The highest BCUT2D eigenvalue weighted by Crippen LogP contribution is 2.25. The number of para-hydroxylation sites is 1. The molecule has 2 nitrogen and oxygen atoms in total. The Morgan fingerprint density at radius 1 is 1.35 bits per heavy atom. The minimum atomic E-state index is 0.384. The molecule has 0 saturated heterocycles. The Morgan fingerprint density at radius 3 is 2.65 bits per heavy atom. The molecular formula is C15H24N2. The maximum absolute atomic E-state index is 3.83. The Labute approximate surface area is 105 Å². The second-order valence-electron chi connectivity index (χ2n) is 4.17. The highest BCUT2D eigenvalue weighted by molar-refractivity contribution is 5.55. The molecule has 0 spiro atoms. The van der Waals surface area contributed by atoms with Crippen LogP contribution in [0, 0.1) is 0 Å². The van der Waals surface area contributed by atoms with Crippen LogP contribution in [-0.2, 0) is 0 Å². The van der Waals surface area contributed by atoms with Gasteiger partial charge in [0.1, 0.15) is 0 Å². The maximum Gasteiger partial charge on any atom is 0.0417 e. The minimum absolute atomic E-state index is 0.384. The third-order valence-corrected chi connectivity index (χ3v) is 2.99. The number of hydrogen-bond acceptors (Lipinski definition) is 2. The van der Waals surface area contributed by atoms with Crippen LogP contribution in [-0.4, -0.2) is 19.6 Å². The van der Waals surface area contributed by atoms with Crippen molar-refractivity contribution in [2.45, 2.75) is 26.8 Å². The normalized spacial score (nSPS) is 12.2. The van der Waals surface area contributed by atoms with Crippen LogP contribution in [0.15, 0.2) is 36.9 Å². The summed E-state index contributed by atoms with van der Waals surface area (Å²) >= 11 is 0. The van der Waals surface area contributed by atoms with Gasteiger partial charge >= 0.3 is 0 Å². The third-order valence-electron chi connectivity index (χ3n) is 2.99. The van der Waals surface area contributed by atoms with Crippen LogP contribution in [0.25, 0.3) is 0 Å². The molecule has 2 heteroatoms. The van der Waals surface area contributed by atoms with E-state index in [2.05, 4.69) is 61.8 Å². The Kier molecular flexibility index (Phi) is 5.78. The van der Waals surface area contributed by atoms with Gasteiger partial charge < -0.3 is 10.2 Å². The summed E-state index contributed by atoms with van der Waals surface area (Å²) in [6.07, 6.45) is 1.96. The Bertz CT molecular complexity index is 347. The molecule has 0 bridgehead atoms. The van der Waals surface area contributed by atoms with Crippen molar-refractivity contribution in [1.29, 1.82) is 0 Å². The number of likely N-dealkylation sites (N-methyl/N-ethyl adjacent to an activating group) is 1. The van der Waals surface area contributed by atoms with Crippen molar-refractivity contribution < 1.29 is 0 Å². The van der Waals surface area contributed by atoms with E-state index in [1.165, 1.54) is 11.3 Å². The molecule has 0 heterocycles. The summed E-state index contributed by atoms with van der Waals surface area (Å²) in [5, 5.41) is 3.47. The first-order chi connectivity index (χ1) is 8.24. The van der Waals surface area contributed by atoms with Crippen LogP contribution in [0.1, 0.15) is 32.4 Å². The van der Waals surface area contributed by atoms with Gasteiger partial charge in [-0.3, -0.25) is 0 Å². The lowest BCUT2D eigenvalue weighted by atomic mass is 10.0. The predicted molar refractivity (Wildman–Crippen MR) is 76.6 cm³/mol. The molecule has 1 rings (SSSR count). The summed E-state index contributed by atoms with van der Waals surface area (Å²) in [5.41, 5.74) is 2.67. The van der Waals surface area contributed by atoms with E-state index in [0.29, 0.717) is 6.04 Å². The summed E-state index contributed by atoms with van der Waals surface area (Å²) in [4.78, 5) is 2.34. The predicted octanol–water partition coefficient (Wildman–Crippen LogP) is 3.37. The lowest BCUT2D eigenvalue weighted by Gasteiger charge is -2.27. The number of benzene rings is 1. The monoisotopic (exact) mass is 232 g/mol. The number of nitrogens with zero attached hydrogens (tertiary/aromatic N) is 1. The molecule has 1 aromatic rings. The third kappa shape index (κ3) is 3.60. The molecule has 0 aromatic heterocycles. The zero-order chi connectivity index (χ0) is 12.7. The van der Waals surface area contributed by atoms with Crippen LogP contribution in [0.3, 0.4) is 0 Å². The van der Waals surface area contributed by atoms with Gasteiger partial charge in [-0.25, -0.2) is 0 Å². The van der Waals surface area contributed by atoms with Gasteiger partial charge in [-0.05, 0) is 32.0 Å². The van der Waals surface area contributed by atoms with Crippen molar-refractivity contribution in [3.05, 3.63) is 42.5 Å². The molecule has 17 heavy (non-hydrogen) atoms. The summed E-state index contributed by atoms with van der Waals surface area (Å²) in [6.45, 7) is 13.2. The van der Waals surface area contributed by atoms with E-state index in [9.17, 15) is 0 Å². The van der Waals surface area contributed by atoms with Gasteiger partial charge in [0, 0.05) is 24.8 Å². The van der Waals surface area contributed by atoms with Crippen molar-refractivity contribution in [1.82, 2.24) is 5.32 Å². The molecule has 0 fully saturated rings. The van der Waals surface area contributed by atoms with Gasteiger partial charge in [0.15, 0.2) is 0 Å². The van der Waals surface area contributed by atoms with E-state index in [1.54, 1.807) is 0 Å². The van der Waals surface area contributed by atoms with Crippen molar-refractivity contribution >= 4 is 5.69 Å². The van der Waals surface area contributed by atoms with E-state index in [4.69, 9.17) is 0 Å². The minimum Gasteiger partial charge on any atom is -0.368 e. The molecule has 0 aliphatic heterocycles. The van der Waals surface area contributed by atoms with Gasteiger partial charge in [0.05, 0.1) is 0 Å². The fourth-order valence-electron chi connectivity index (χ4n) is 2.11. The molecule has 0 radical (unpaired) electrons. The van der Waals surface area contributed by atoms with Gasteiger partial charge in [0.2, 0.25) is 0 Å². The topological polar surface area (TPSA) is 15.3 Å². The number of hydrogen-bond donors (Lipinski definition) is 1. The van der Waals surface area contributed by atoms with E-state index >= 15 is 0 Å². The Balaban J connectivity index is 3.00. The lowest BCUT2D eigenvalue weighted by Crippen LogP contribution is -2.26. The zero-order valence-electron chi connectivity index (χ0n) is 11.2. The van der Waals surface area contributed by atoms with E-state index in [-0.39, 0.29) is 0 Å². The molecule has 0 aliphatic rings. The molecule has 0 amide bonds. The molecule has 94 valence electrons. The first kappa shape index (κ1) is 13.8. The van der Waals surface area contributed by atoms with Crippen molar-refractivity contribution in [2.24, 2.45) is 0 Å². The second-order valence-corrected chi connectivity index (χ2v) is 4.17. The SMILES string of the molecule is C=CCN(CC)c1ccccc1C(C)NCC. The first-order valence-corrected chi connectivity index (χ1v) is 6.42. The average molecular weight is 232 g/mol. The summed E-state index contributed by atoms with van der Waals surface area (Å²) in [6, 6.07) is 8.98. The molecule has 0 aliphatic carbocycles. The maximum atomic E-state index is 3.83. The van der Waals surface area contributed by atoms with Crippen molar-refractivity contribution in [2.75, 3.05) is 24.5 Å². The van der Waals surface area contributed by atoms with Crippen LogP contribution < -0.4 is 10.2 Å². The van der Waals surface area contributed by atoms with E-state index < -0.39 is 0 Å². The molecule has 0 saturated carbocycles. The van der Waals surface area contributed by atoms with Gasteiger partial charge in [-0.15, -0.1) is 6.58 Å². The van der Waals surface area contributed by atoms with Crippen molar-refractivity contribution in [3.8, 4) is 0 Å². The Morgan fingerprint density at radius 2 is 2.06 bits per heavy atom. The zero-order valence-corrected chi connectivity index (χ0v) is 11.2. The second kappa shape index (κ2) is 7.13. The van der Waals surface area contributed by atoms with Gasteiger partial charge in [-0.1, -0.05) is 31.2 Å². The summed E-state index contributed by atoms with van der Waals surface area (Å²) in [5.74, 6) is 0. The van der Waals surface area contributed by atoms with Crippen LogP contribution in [0.4, 0.5) is 5.69 Å². The number of nitrogens with one attached hydrogen (secondary N) is 1. The van der Waals surface area contributed by atoms with Crippen LogP contribution >= 0.6 is 0 Å². The molecule has 1 aromatic carbocycles. The van der Waals surface area contributed by atoms with Gasteiger partial charge in [-0.2, -0.15) is 0 Å². The molecule has 1 unspecified atom stereocenters. The van der Waals surface area contributed by atoms with E-state index in [1.807, 2.05) is 6.08 Å². The van der Waals surface area contributed by atoms with Gasteiger partial charge in [0.25, 0.3) is 0 Å². The largest absolute Gasteiger partial charge is 0.368 e. The molecule has 1 N–H and O–H groups in total. The lowest BCUT2D eigenvalue weighted by molar-refractivity contribution is 0.596. The van der Waals surface area contributed by atoms with E-state index in [0.717, 1.165) is 19.6 Å². The highest BCUT2D eigenvalue weighted by atomic mass is 15.1. The number of rotatable bonds is 7. The summed E-state index contributed by atoms with van der Waals surface area (Å²) in [7, 11) is 0. The fourth-order valence-corrected chi connectivity index (χ4v) is 2.11. The quantitative estimate of drug-likeness (QED) is 0.725. The summed E-state index contributed by atoms with van der Waals surface area (Å²) < 4.78 is 0. The van der Waals surface area contributed by atoms with Crippen LogP contribution in [0.2, 0.25) is 0 Å². The Hall–Kier alpha value is -1.28. The van der Waals surface area contributed by atoms with Crippen molar-refractivity contribution in [3.63, 3.8) is 0 Å². The van der Waals surface area contributed by atoms with Crippen LogP contribution in [0.5, 0.6) is 0 Å². The molecular weight excluding hydrogens is 208 g/mol. The average Bonchev–Trinajstić information content (AvgIpc) is 2.36. The number of anilines is 1. The fraction of sp³-hybridized carbons (Fsp3) is 0.467. The highest BCUT2D eigenvalue weighted by Gasteiger charge is 2.12. The standard InChI is InChI=1S/C15H24N2/c1-5-12-17(7-3)15-11-9-8-10-14(15)13(4)16-6-2/h5,8-11,13,16H,1,6-7,12H2,2-4H3. The molecule has 1 atom stereocenters. The first-order valence-electron chi connectivity index (χ1n) is 6.42.